The number of benzene rings is 1. The van der Waals surface area contributed by atoms with Crippen LogP contribution in [0.15, 0.2) is 27.6 Å². The number of halogens is 2. The van der Waals surface area contributed by atoms with Crippen LogP contribution in [0.1, 0.15) is 45.4 Å². The summed E-state index contributed by atoms with van der Waals surface area (Å²) in [6, 6.07) is 4.15. The molecule has 0 saturated heterocycles. The van der Waals surface area contributed by atoms with E-state index in [-0.39, 0.29) is 29.2 Å². The quantitative estimate of drug-likeness (QED) is 0.767. The Balaban J connectivity index is 0.00000243. The van der Waals surface area contributed by atoms with E-state index in [1.807, 2.05) is 0 Å². The SMILES string of the molecule is CC(C)NS(=O)(=O)c1ccc(Cl)c(-c2nc(C3(N)CCCC3)no2)c1.Cl. The summed E-state index contributed by atoms with van der Waals surface area (Å²) < 4.78 is 32.6. The Morgan fingerprint density at radius 3 is 2.58 bits per heavy atom. The lowest BCUT2D eigenvalue weighted by Gasteiger charge is -2.17. The first-order valence-corrected chi connectivity index (χ1v) is 10.0. The molecule has 1 saturated carbocycles. The largest absolute Gasteiger partial charge is 0.334 e. The van der Waals surface area contributed by atoms with Crippen molar-refractivity contribution in [1.29, 1.82) is 0 Å². The zero-order chi connectivity index (χ0) is 18.2. The van der Waals surface area contributed by atoms with Crippen LogP contribution in [-0.4, -0.2) is 24.6 Å². The van der Waals surface area contributed by atoms with Crippen LogP contribution in [-0.2, 0) is 15.6 Å². The number of nitrogens with two attached hydrogens (primary N) is 1. The molecule has 1 aliphatic carbocycles. The summed E-state index contributed by atoms with van der Waals surface area (Å²) in [6.45, 7) is 3.50. The van der Waals surface area contributed by atoms with E-state index >= 15 is 0 Å². The molecule has 3 N–H and O–H groups in total. The highest BCUT2D eigenvalue weighted by atomic mass is 35.5. The number of aromatic nitrogens is 2. The van der Waals surface area contributed by atoms with Gasteiger partial charge in [0.1, 0.15) is 0 Å². The number of hydrogen-bond acceptors (Lipinski definition) is 6. The standard InChI is InChI=1S/C16H21ClN4O3S.ClH/c1-10(2)21-25(22,23)11-5-6-13(17)12(9-11)14-19-15(20-24-14)16(18)7-3-4-8-16;/h5-6,9-10,21H,3-4,7-8,18H2,1-2H3;1H. The topological polar surface area (TPSA) is 111 Å². The molecule has 0 unspecified atom stereocenters. The summed E-state index contributed by atoms with van der Waals surface area (Å²) in [5, 5.41) is 4.32. The molecule has 0 amide bonds. The van der Waals surface area contributed by atoms with E-state index in [1.165, 1.54) is 18.2 Å². The molecule has 10 heteroatoms. The minimum Gasteiger partial charge on any atom is -0.334 e. The summed E-state index contributed by atoms with van der Waals surface area (Å²) in [7, 11) is -3.65. The van der Waals surface area contributed by atoms with Gasteiger partial charge in [-0.2, -0.15) is 4.98 Å². The van der Waals surface area contributed by atoms with Crippen molar-refractivity contribution in [2.24, 2.45) is 5.73 Å². The minimum absolute atomic E-state index is 0. The molecule has 7 nitrogen and oxygen atoms in total. The van der Waals surface area contributed by atoms with Gasteiger partial charge in [-0.15, -0.1) is 12.4 Å². The van der Waals surface area contributed by atoms with Gasteiger partial charge in [0.05, 0.1) is 21.0 Å². The minimum atomic E-state index is -3.65. The van der Waals surface area contributed by atoms with Crippen LogP contribution in [0, 0.1) is 0 Å². The van der Waals surface area contributed by atoms with Crippen LogP contribution < -0.4 is 10.5 Å². The molecule has 0 atom stereocenters. The third kappa shape index (κ3) is 4.20. The first-order chi connectivity index (χ1) is 11.7. The van der Waals surface area contributed by atoms with Gasteiger partial charge in [0, 0.05) is 6.04 Å². The van der Waals surface area contributed by atoms with E-state index in [2.05, 4.69) is 14.9 Å². The van der Waals surface area contributed by atoms with E-state index in [4.69, 9.17) is 21.9 Å². The van der Waals surface area contributed by atoms with Crippen LogP contribution in [0.2, 0.25) is 5.02 Å². The van der Waals surface area contributed by atoms with Gasteiger partial charge in [0.25, 0.3) is 5.89 Å². The van der Waals surface area contributed by atoms with Crippen molar-refractivity contribution in [3.05, 3.63) is 29.0 Å². The second kappa shape index (κ2) is 7.82. The van der Waals surface area contributed by atoms with E-state index in [0.717, 1.165) is 25.7 Å². The predicted octanol–water partition coefficient (Wildman–Crippen LogP) is 3.23. The van der Waals surface area contributed by atoms with Crippen LogP contribution in [0.3, 0.4) is 0 Å². The fourth-order valence-electron chi connectivity index (χ4n) is 2.98. The van der Waals surface area contributed by atoms with Gasteiger partial charge in [-0.1, -0.05) is 29.6 Å². The summed E-state index contributed by atoms with van der Waals surface area (Å²) in [5.41, 5.74) is 6.12. The fraction of sp³-hybridized carbons (Fsp3) is 0.500. The van der Waals surface area contributed by atoms with Crippen LogP contribution in [0.25, 0.3) is 11.5 Å². The predicted molar refractivity (Wildman–Crippen MR) is 102 cm³/mol. The first-order valence-electron chi connectivity index (χ1n) is 8.17. The average Bonchev–Trinajstić information content (AvgIpc) is 3.16. The lowest BCUT2D eigenvalue weighted by atomic mass is 9.99. The maximum atomic E-state index is 12.4. The molecule has 0 bridgehead atoms. The molecule has 26 heavy (non-hydrogen) atoms. The van der Waals surface area contributed by atoms with Gasteiger partial charge in [-0.3, -0.25) is 0 Å². The number of nitrogens with one attached hydrogen (secondary N) is 1. The molecule has 1 aliphatic rings. The molecule has 1 aromatic heterocycles. The van der Waals surface area contributed by atoms with Crippen LogP contribution in [0.5, 0.6) is 0 Å². The third-order valence-corrected chi connectivity index (χ3v) is 6.22. The van der Waals surface area contributed by atoms with Crippen molar-refractivity contribution in [3.8, 4) is 11.5 Å². The van der Waals surface area contributed by atoms with E-state index in [9.17, 15) is 8.42 Å². The van der Waals surface area contributed by atoms with Crippen molar-refractivity contribution in [1.82, 2.24) is 14.9 Å². The molecular weight excluding hydrogens is 399 g/mol. The Kier molecular flexibility index (Phi) is 6.35. The first kappa shape index (κ1) is 21.1. The van der Waals surface area contributed by atoms with E-state index < -0.39 is 15.6 Å². The number of hydrogen-bond donors (Lipinski definition) is 2. The molecular formula is C16H22Cl2N4O3S. The van der Waals surface area contributed by atoms with Gasteiger partial charge in [0.15, 0.2) is 5.82 Å². The van der Waals surface area contributed by atoms with Crippen molar-refractivity contribution < 1.29 is 12.9 Å². The maximum absolute atomic E-state index is 12.4. The molecule has 0 radical (unpaired) electrons. The van der Waals surface area contributed by atoms with Gasteiger partial charge >= 0.3 is 0 Å². The maximum Gasteiger partial charge on any atom is 0.259 e. The Morgan fingerprint density at radius 2 is 1.96 bits per heavy atom. The summed E-state index contributed by atoms with van der Waals surface area (Å²) in [5.74, 6) is 0.600. The molecule has 0 spiro atoms. The van der Waals surface area contributed by atoms with Crippen molar-refractivity contribution in [2.45, 2.75) is 56.0 Å². The molecule has 2 aromatic rings. The highest BCUT2D eigenvalue weighted by Crippen LogP contribution is 2.36. The molecule has 1 fully saturated rings. The summed E-state index contributed by atoms with van der Waals surface area (Å²) in [4.78, 5) is 4.46. The monoisotopic (exact) mass is 420 g/mol. The molecule has 0 aliphatic heterocycles. The van der Waals surface area contributed by atoms with Gasteiger partial charge in [0.2, 0.25) is 10.0 Å². The normalized spacial score (nSPS) is 16.7. The number of nitrogens with zero attached hydrogens (tertiary/aromatic N) is 2. The molecule has 1 aromatic carbocycles. The molecule has 144 valence electrons. The third-order valence-electron chi connectivity index (χ3n) is 4.24. The molecule has 1 heterocycles. The lowest BCUT2D eigenvalue weighted by Crippen LogP contribution is -2.34. The molecule has 3 rings (SSSR count). The number of rotatable bonds is 5. The summed E-state index contributed by atoms with van der Waals surface area (Å²) >= 11 is 6.22. The van der Waals surface area contributed by atoms with E-state index in [0.29, 0.717) is 16.4 Å². The zero-order valence-electron chi connectivity index (χ0n) is 14.5. The number of sulfonamides is 1. The Bertz CT molecular complexity index is 877. The smallest absolute Gasteiger partial charge is 0.259 e. The van der Waals surface area contributed by atoms with E-state index in [1.54, 1.807) is 13.8 Å². The Morgan fingerprint density at radius 1 is 1.31 bits per heavy atom. The van der Waals surface area contributed by atoms with Gasteiger partial charge in [-0.05, 0) is 44.9 Å². The highest BCUT2D eigenvalue weighted by Gasteiger charge is 2.36. The average molecular weight is 421 g/mol. The Hall–Kier alpha value is -1.19. The van der Waals surface area contributed by atoms with Crippen molar-refractivity contribution >= 4 is 34.0 Å². The van der Waals surface area contributed by atoms with Gasteiger partial charge < -0.3 is 10.3 Å². The zero-order valence-corrected chi connectivity index (χ0v) is 16.9. The summed E-state index contributed by atoms with van der Waals surface area (Å²) in [6.07, 6.45) is 3.64. The van der Waals surface area contributed by atoms with Crippen molar-refractivity contribution in [3.63, 3.8) is 0 Å². The van der Waals surface area contributed by atoms with Gasteiger partial charge in [-0.25, -0.2) is 13.1 Å². The second-order valence-corrected chi connectivity index (χ2v) is 8.83. The van der Waals surface area contributed by atoms with Crippen LogP contribution >= 0.6 is 24.0 Å². The second-order valence-electron chi connectivity index (χ2n) is 6.70. The Labute approximate surface area is 164 Å². The fourth-order valence-corrected chi connectivity index (χ4v) is 4.45. The van der Waals surface area contributed by atoms with Crippen LogP contribution in [0.4, 0.5) is 0 Å². The highest BCUT2D eigenvalue weighted by molar-refractivity contribution is 7.89. The lowest BCUT2D eigenvalue weighted by molar-refractivity contribution is 0.372. The van der Waals surface area contributed by atoms with Crippen molar-refractivity contribution in [2.75, 3.05) is 0 Å².